The molecule has 0 saturated heterocycles. The van der Waals surface area contributed by atoms with E-state index in [9.17, 15) is 13.2 Å². The summed E-state index contributed by atoms with van der Waals surface area (Å²) in [5, 5.41) is 2.59. The van der Waals surface area contributed by atoms with Crippen molar-refractivity contribution < 1.29 is 22.7 Å². The first kappa shape index (κ1) is 17.9. The first-order chi connectivity index (χ1) is 13.5. The van der Waals surface area contributed by atoms with Crippen molar-refractivity contribution in [3.05, 3.63) is 72.8 Å². The minimum atomic E-state index is -4.06. The Morgan fingerprint density at radius 3 is 2.18 bits per heavy atom. The Labute approximate surface area is 162 Å². The van der Waals surface area contributed by atoms with Crippen LogP contribution in [0.2, 0.25) is 0 Å². The molecule has 0 aliphatic carbocycles. The molecular weight excluding hydrogens is 380 g/mol. The normalized spacial score (nSPS) is 14.8. The van der Waals surface area contributed by atoms with Gasteiger partial charge in [-0.25, -0.2) is 13.2 Å². The highest BCUT2D eigenvalue weighted by Crippen LogP contribution is 2.36. The van der Waals surface area contributed by atoms with Crippen molar-refractivity contribution in [2.75, 3.05) is 16.7 Å². The third-order valence-electron chi connectivity index (χ3n) is 4.18. The van der Waals surface area contributed by atoms with Crippen molar-refractivity contribution in [1.82, 2.24) is 0 Å². The molecule has 0 spiro atoms. The van der Waals surface area contributed by atoms with E-state index in [0.29, 0.717) is 17.2 Å². The van der Waals surface area contributed by atoms with Crippen molar-refractivity contribution in [2.24, 2.45) is 0 Å². The Balaban J connectivity index is 1.66. The lowest BCUT2D eigenvalue weighted by molar-refractivity contribution is 0.259. The van der Waals surface area contributed by atoms with Gasteiger partial charge in [-0.2, -0.15) is 4.31 Å². The number of amides is 2. The molecule has 7 nitrogen and oxygen atoms in total. The average molecular weight is 396 g/mol. The summed E-state index contributed by atoms with van der Waals surface area (Å²) < 4.78 is 37.5. The van der Waals surface area contributed by atoms with E-state index in [-0.39, 0.29) is 16.3 Å². The molecule has 1 aliphatic heterocycles. The number of nitrogens with zero attached hydrogens (tertiary/aromatic N) is 1. The first-order valence-corrected chi connectivity index (χ1v) is 9.80. The number of nitrogens with one attached hydrogen (secondary N) is 1. The average Bonchev–Trinajstić information content (AvgIpc) is 2.69. The second-order valence-corrected chi connectivity index (χ2v) is 7.73. The van der Waals surface area contributed by atoms with Gasteiger partial charge in [-0.15, -0.1) is 0 Å². The van der Waals surface area contributed by atoms with E-state index in [2.05, 4.69) is 5.32 Å². The van der Waals surface area contributed by atoms with E-state index >= 15 is 0 Å². The number of para-hydroxylation sites is 1. The Morgan fingerprint density at radius 2 is 1.50 bits per heavy atom. The number of benzene rings is 3. The van der Waals surface area contributed by atoms with Gasteiger partial charge < -0.3 is 14.8 Å². The van der Waals surface area contributed by atoms with Crippen LogP contribution in [-0.2, 0) is 10.0 Å². The van der Waals surface area contributed by atoms with Crippen LogP contribution in [0.25, 0.3) is 0 Å². The van der Waals surface area contributed by atoms with Crippen LogP contribution < -0.4 is 19.1 Å². The van der Waals surface area contributed by atoms with Crippen LogP contribution in [0, 0.1) is 0 Å². The van der Waals surface area contributed by atoms with Crippen LogP contribution in [0.5, 0.6) is 17.2 Å². The molecule has 0 bridgehead atoms. The number of carbonyl (C=O) groups excluding carboxylic acids is 1. The number of rotatable bonds is 4. The molecule has 8 heteroatoms. The fourth-order valence-electron chi connectivity index (χ4n) is 2.86. The lowest BCUT2D eigenvalue weighted by Crippen LogP contribution is -2.44. The summed E-state index contributed by atoms with van der Waals surface area (Å²) in [7, 11) is -2.59. The van der Waals surface area contributed by atoms with Gasteiger partial charge in [0.1, 0.15) is 22.1 Å². The van der Waals surface area contributed by atoms with Crippen molar-refractivity contribution in [2.45, 2.75) is 4.90 Å². The molecule has 3 aromatic rings. The molecule has 3 aromatic carbocycles. The zero-order chi connectivity index (χ0) is 19.7. The van der Waals surface area contributed by atoms with Crippen molar-refractivity contribution in [3.63, 3.8) is 0 Å². The summed E-state index contributed by atoms with van der Waals surface area (Å²) in [5.41, 5.74) is 0.393. The molecule has 1 heterocycles. The predicted octanol–water partition coefficient (Wildman–Crippen LogP) is 4.23. The zero-order valence-corrected chi connectivity index (χ0v) is 15.6. The lowest BCUT2D eigenvalue weighted by Gasteiger charge is -2.29. The molecular formula is C20H16N2O5S. The smallest absolute Gasteiger partial charge is 0.340 e. The van der Waals surface area contributed by atoms with Gasteiger partial charge in [0.25, 0.3) is 10.0 Å². The van der Waals surface area contributed by atoms with Crippen molar-refractivity contribution >= 4 is 27.4 Å². The maximum absolute atomic E-state index is 13.0. The summed E-state index contributed by atoms with van der Waals surface area (Å²) in [6.07, 6.45) is 0. The number of hydrogen-bond donors (Lipinski definition) is 1. The molecule has 0 radical (unpaired) electrons. The summed E-state index contributed by atoms with van der Waals surface area (Å²) in [4.78, 5) is 12.5. The molecule has 28 heavy (non-hydrogen) atoms. The molecule has 4 rings (SSSR count). The Hall–Kier alpha value is -3.52. The minimum Gasteiger partial charge on any atom is -0.497 e. The van der Waals surface area contributed by atoms with Gasteiger partial charge in [0, 0.05) is 6.07 Å². The molecule has 0 unspecified atom stereocenters. The van der Waals surface area contributed by atoms with Gasteiger partial charge >= 0.3 is 6.03 Å². The number of fused-ring (bicyclic) bond motifs is 1. The molecule has 0 fully saturated rings. The number of ether oxygens (including phenoxy) is 2. The number of carbonyl (C=O) groups is 1. The fourth-order valence-corrected chi connectivity index (χ4v) is 4.35. The Kier molecular flexibility index (Phi) is 4.40. The number of hydrogen-bond acceptors (Lipinski definition) is 5. The second kappa shape index (κ2) is 6.90. The molecule has 2 amide bonds. The maximum Gasteiger partial charge on any atom is 0.340 e. The maximum atomic E-state index is 13.0. The van der Waals surface area contributed by atoms with Crippen LogP contribution in [-0.4, -0.2) is 21.6 Å². The van der Waals surface area contributed by atoms with E-state index in [4.69, 9.17) is 9.47 Å². The highest BCUT2D eigenvalue weighted by atomic mass is 32.2. The summed E-state index contributed by atoms with van der Waals surface area (Å²) >= 11 is 0. The fraction of sp³-hybridized carbons (Fsp3) is 0.0500. The molecule has 0 aromatic heterocycles. The SMILES string of the molecule is COc1ccc2c(c1)NC(=O)N(c1ccc(Oc3ccccc3)cc1)S2(=O)=O. The number of anilines is 2. The summed E-state index contributed by atoms with van der Waals surface area (Å²) in [6, 6.07) is 19.1. The highest BCUT2D eigenvalue weighted by Gasteiger charge is 2.38. The predicted molar refractivity (Wildman–Crippen MR) is 105 cm³/mol. The summed E-state index contributed by atoms with van der Waals surface area (Å²) in [6.45, 7) is 0. The summed E-state index contributed by atoms with van der Waals surface area (Å²) in [5.74, 6) is 1.63. The van der Waals surface area contributed by atoms with Crippen molar-refractivity contribution in [1.29, 1.82) is 0 Å². The number of urea groups is 1. The molecule has 0 saturated carbocycles. The van der Waals surface area contributed by atoms with Crippen LogP contribution >= 0.6 is 0 Å². The largest absolute Gasteiger partial charge is 0.497 e. The van der Waals surface area contributed by atoms with E-state index in [0.717, 1.165) is 4.31 Å². The highest BCUT2D eigenvalue weighted by molar-refractivity contribution is 7.94. The van der Waals surface area contributed by atoms with E-state index in [1.807, 2.05) is 30.3 Å². The van der Waals surface area contributed by atoms with E-state index in [1.54, 1.807) is 12.1 Å². The molecule has 142 valence electrons. The molecule has 0 atom stereocenters. The van der Waals surface area contributed by atoms with Crippen LogP contribution in [0.1, 0.15) is 0 Å². The first-order valence-electron chi connectivity index (χ1n) is 8.36. The van der Waals surface area contributed by atoms with E-state index in [1.165, 1.54) is 37.4 Å². The van der Waals surface area contributed by atoms with Crippen LogP contribution in [0.3, 0.4) is 0 Å². The van der Waals surface area contributed by atoms with Gasteiger partial charge in [-0.05, 0) is 48.5 Å². The van der Waals surface area contributed by atoms with Gasteiger partial charge in [0.05, 0.1) is 18.5 Å². The Bertz CT molecular complexity index is 1130. The lowest BCUT2D eigenvalue weighted by atomic mass is 10.3. The van der Waals surface area contributed by atoms with Crippen molar-refractivity contribution in [3.8, 4) is 17.2 Å². The molecule has 1 aliphatic rings. The quantitative estimate of drug-likeness (QED) is 0.713. The monoisotopic (exact) mass is 396 g/mol. The third kappa shape index (κ3) is 3.14. The van der Waals surface area contributed by atoms with E-state index < -0.39 is 16.1 Å². The zero-order valence-electron chi connectivity index (χ0n) is 14.8. The third-order valence-corrected chi connectivity index (χ3v) is 5.95. The molecule has 1 N–H and O–H groups in total. The van der Waals surface area contributed by atoms with Gasteiger partial charge in [-0.1, -0.05) is 18.2 Å². The van der Waals surface area contributed by atoms with Gasteiger partial charge in [0.2, 0.25) is 0 Å². The minimum absolute atomic E-state index is 0.00230. The van der Waals surface area contributed by atoms with Gasteiger partial charge in [0.15, 0.2) is 0 Å². The second-order valence-electron chi connectivity index (χ2n) is 5.97. The standard InChI is InChI=1S/C20H16N2O5S/c1-26-17-11-12-19-18(13-17)21-20(23)22(28(19,24)25)14-7-9-16(10-8-14)27-15-5-3-2-4-6-15/h2-13H,1H3,(H,21,23). The topological polar surface area (TPSA) is 84.9 Å². The van der Waals surface area contributed by atoms with Crippen LogP contribution in [0.15, 0.2) is 77.7 Å². The van der Waals surface area contributed by atoms with Gasteiger partial charge in [-0.3, -0.25) is 0 Å². The number of methoxy groups -OCH3 is 1. The number of sulfonamides is 1. The Morgan fingerprint density at radius 1 is 0.857 bits per heavy atom. The van der Waals surface area contributed by atoms with Crippen LogP contribution in [0.4, 0.5) is 16.2 Å².